The Morgan fingerprint density at radius 2 is 1.93 bits per heavy atom. The van der Waals surface area contributed by atoms with E-state index in [1.54, 1.807) is 7.11 Å². The average Bonchev–Trinajstić information content (AvgIpc) is 3.03. The summed E-state index contributed by atoms with van der Waals surface area (Å²) in [5.74, 6) is 3.24. The number of carbonyl (C=O) groups excluding carboxylic acids is 1. The minimum absolute atomic E-state index is 0.111. The second-order valence-corrected chi connectivity index (χ2v) is 7.92. The number of hydrogen-bond donors (Lipinski definition) is 0. The predicted octanol–water partition coefficient (Wildman–Crippen LogP) is 6.28. The van der Waals surface area contributed by atoms with Gasteiger partial charge < -0.3 is 9.47 Å². The molecule has 1 aliphatic rings. The maximum absolute atomic E-state index is 12.6. The van der Waals surface area contributed by atoms with Gasteiger partial charge in [-0.05, 0) is 62.3 Å². The highest BCUT2D eigenvalue weighted by Crippen LogP contribution is 2.38. The zero-order chi connectivity index (χ0) is 19.8. The third-order valence-electron chi connectivity index (χ3n) is 5.76. The van der Waals surface area contributed by atoms with Crippen LogP contribution in [0.1, 0.15) is 77.7 Å². The first-order chi connectivity index (χ1) is 13.0. The number of hydrogen-bond acceptors (Lipinski definition) is 3. The van der Waals surface area contributed by atoms with E-state index in [1.807, 2.05) is 12.1 Å². The summed E-state index contributed by atoms with van der Waals surface area (Å²) < 4.78 is 11.5. The lowest BCUT2D eigenvalue weighted by Gasteiger charge is -2.23. The second-order valence-electron chi connectivity index (χ2n) is 7.92. The van der Waals surface area contributed by atoms with Crippen LogP contribution in [-0.4, -0.2) is 19.0 Å². The van der Waals surface area contributed by atoms with E-state index in [2.05, 4.69) is 45.9 Å². The molecule has 0 N–H and O–H groups in total. The minimum Gasteiger partial charge on any atom is -0.497 e. The molecule has 3 nitrogen and oxygen atoms in total. The van der Waals surface area contributed by atoms with Crippen molar-refractivity contribution in [2.45, 2.75) is 78.2 Å². The van der Waals surface area contributed by atoms with Gasteiger partial charge in [0.25, 0.3) is 0 Å². The molecule has 0 heterocycles. The van der Waals surface area contributed by atoms with E-state index in [9.17, 15) is 4.79 Å². The maximum atomic E-state index is 12.6. The summed E-state index contributed by atoms with van der Waals surface area (Å²) in [6, 6.07) is 8.21. The molecule has 0 radical (unpaired) electrons. The first-order valence-corrected chi connectivity index (χ1v) is 10.5. The Labute approximate surface area is 165 Å². The summed E-state index contributed by atoms with van der Waals surface area (Å²) >= 11 is 0. The first-order valence-electron chi connectivity index (χ1n) is 10.5. The number of ketones is 1. The van der Waals surface area contributed by atoms with Crippen molar-refractivity contribution in [3.05, 3.63) is 41.7 Å². The molecule has 0 amide bonds. The van der Waals surface area contributed by atoms with E-state index < -0.39 is 0 Å². The molecule has 1 unspecified atom stereocenters. The van der Waals surface area contributed by atoms with E-state index in [1.165, 1.54) is 5.56 Å². The Kier molecular flexibility index (Phi) is 8.40. The molecule has 1 saturated carbocycles. The third kappa shape index (κ3) is 6.12. The summed E-state index contributed by atoms with van der Waals surface area (Å²) in [5, 5.41) is 0. The summed E-state index contributed by atoms with van der Waals surface area (Å²) in [5.41, 5.74) is 1.27. The molecule has 3 heteroatoms. The first kappa shape index (κ1) is 21.5. The normalized spacial score (nSPS) is 22.6. The Hall–Kier alpha value is -1.77. The van der Waals surface area contributed by atoms with Gasteiger partial charge in [0.1, 0.15) is 11.5 Å². The molecular formula is C24H36O3. The summed E-state index contributed by atoms with van der Waals surface area (Å²) in [6.07, 6.45) is 7.88. The van der Waals surface area contributed by atoms with E-state index in [0.29, 0.717) is 24.0 Å². The zero-order valence-corrected chi connectivity index (χ0v) is 17.7. The highest BCUT2D eigenvalue weighted by atomic mass is 16.5. The largest absolute Gasteiger partial charge is 0.497 e. The molecule has 1 fully saturated rings. The van der Waals surface area contributed by atoms with Crippen LogP contribution < -0.4 is 4.74 Å². The quantitative estimate of drug-likeness (QED) is 0.453. The van der Waals surface area contributed by atoms with Gasteiger partial charge in [-0.3, -0.25) is 4.79 Å². The van der Waals surface area contributed by atoms with Gasteiger partial charge in [-0.25, -0.2) is 0 Å². The Balaban J connectivity index is 1.92. The van der Waals surface area contributed by atoms with Crippen molar-refractivity contribution in [1.82, 2.24) is 0 Å². The fourth-order valence-electron chi connectivity index (χ4n) is 4.10. The zero-order valence-electron chi connectivity index (χ0n) is 17.7. The summed E-state index contributed by atoms with van der Waals surface area (Å²) in [6.45, 7) is 8.66. The van der Waals surface area contributed by atoms with Gasteiger partial charge >= 0.3 is 0 Å². The van der Waals surface area contributed by atoms with Gasteiger partial charge in [0.05, 0.1) is 19.0 Å². The molecule has 0 saturated heterocycles. The smallest absolute Gasteiger partial charge is 0.136 e. The fraction of sp³-hybridized carbons (Fsp3) is 0.625. The summed E-state index contributed by atoms with van der Waals surface area (Å²) in [4.78, 5) is 12.6. The lowest BCUT2D eigenvalue weighted by molar-refractivity contribution is -0.121. The van der Waals surface area contributed by atoms with E-state index in [4.69, 9.17) is 9.47 Å². The molecular weight excluding hydrogens is 336 g/mol. The number of ether oxygens (including phenoxy) is 2. The number of rotatable bonds is 10. The molecule has 0 aromatic heterocycles. The molecule has 1 aliphatic carbocycles. The number of methoxy groups -OCH3 is 1. The van der Waals surface area contributed by atoms with Crippen LogP contribution in [-0.2, 0) is 9.53 Å². The third-order valence-corrected chi connectivity index (χ3v) is 5.76. The van der Waals surface area contributed by atoms with E-state index >= 15 is 0 Å². The second kappa shape index (κ2) is 10.5. The van der Waals surface area contributed by atoms with Crippen molar-refractivity contribution in [3.8, 4) is 5.75 Å². The topological polar surface area (TPSA) is 35.5 Å². The van der Waals surface area contributed by atoms with E-state index in [0.717, 1.165) is 43.6 Å². The van der Waals surface area contributed by atoms with Crippen LogP contribution in [0.5, 0.6) is 5.75 Å². The maximum Gasteiger partial charge on any atom is 0.136 e. The molecule has 2 rings (SSSR count). The Morgan fingerprint density at radius 3 is 2.52 bits per heavy atom. The Morgan fingerprint density at radius 1 is 1.22 bits per heavy atom. The highest BCUT2D eigenvalue weighted by Gasteiger charge is 2.37. The van der Waals surface area contributed by atoms with Crippen LogP contribution in [0.2, 0.25) is 0 Å². The summed E-state index contributed by atoms with van der Waals surface area (Å²) in [7, 11) is 1.68. The van der Waals surface area contributed by atoms with Gasteiger partial charge in [0.2, 0.25) is 0 Å². The molecule has 0 bridgehead atoms. The van der Waals surface area contributed by atoms with Gasteiger partial charge in [-0.2, -0.15) is 0 Å². The van der Waals surface area contributed by atoms with Crippen LogP contribution in [0, 0.1) is 11.8 Å². The standard InChI is InChI=1S/C24H36O3/c1-6-8-23(9-7-2)27-18(4)20-15-21(24(25)16-20)14-17(3)19-10-12-22(26-5)13-11-19/h8,10-13,17-18,20-21H,6-7,9,14-16H2,1-5H3/b23-8+/t17-,18-,20+,21?/m1/s1. The fourth-order valence-corrected chi connectivity index (χ4v) is 4.10. The molecule has 1 aromatic rings. The van der Waals surface area contributed by atoms with Crippen LogP contribution in [0.3, 0.4) is 0 Å². The minimum atomic E-state index is 0.111. The van der Waals surface area contributed by atoms with Crippen LogP contribution in [0.15, 0.2) is 36.1 Å². The Bertz CT molecular complexity index is 617. The van der Waals surface area contributed by atoms with Crippen molar-refractivity contribution in [3.63, 3.8) is 0 Å². The average molecular weight is 373 g/mol. The van der Waals surface area contributed by atoms with Gasteiger partial charge in [0.15, 0.2) is 0 Å². The molecule has 1 aromatic carbocycles. The van der Waals surface area contributed by atoms with Crippen LogP contribution in [0.25, 0.3) is 0 Å². The lowest BCUT2D eigenvalue weighted by atomic mass is 9.88. The van der Waals surface area contributed by atoms with Crippen LogP contribution in [0.4, 0.5) is 0 Å². The van der Waals surface area contributed by atoms with Gasteiger partial charge in [-0.15, -0.1) is 0 Å². The van der Waals surface area contributed by atoms with Crippen molar-refractivity contribution in [1.29, 1.82) is 0 Å². The lowest BCUT2D eigenvalue weighted by Crippen LogP contribution is -2.18. The SMILES string of the molecule is CC/C=C(\CCC)O[C@H](C)[C@@H]1CC(=O)C(C[C@@H](C)c2ccc(OC)cc2)C1. The van der Waals surface area contributed by atoms with E-state index in [-0.39, 0.29) is 12.0 Å². The van der Waals surface area contributed by atoms with Crippen molar-refractivity contribution in [2.75, 3.05) is 7.11 Å². The molecule has 0 spiro atoms. The highest BCUT2D eigenvalue weighted by molar-refractivity contribution is 5.83. The number of benzene rings is 1. The van der Waals surface area contributed by atoms with Gasteiger partial charge in [-0.1, -0.05) is 32.9 Å². The van der Waals surface area contributed by atoms with Crippen molar-refractivity contribution < 1.29 is 14.3 Å². The molecule has 4 atom stereocenters. The number of allylic oxidation sites excluding steroid dienone is 2. The monoisotopic (exact) mass is 372 g/mol. The van der Waals surface area contributed by atoms with Crippen molar-refractivity contribution in [2.24, 2.45) is 11.8 Å². The molecule has 27 heavy (non-hydrogen) atoms. The van der Waals surface area contributed by atoms with Gasteiger partial charge in [0, 0.05) is 24.7 Å². The van der Waals surface area contributed by atoms with Crippen molar-refractivity contribution >= 4 is 5.78 Å². The molecule has 0 aliphatic heterocycles. The number of Topliss-reactive ketones (excluding diaryl/α,β-unsaturated/α-hetero) is 1. The number of carbonyl (C=O) groups is 1. The predicted molar refractivity (Wildman–Crippen MR) is 111 cm³/mol. The van der Waals surface area contributed by atoms with Crippen LogP contribution >= 0.6 is 0 Å². The molecule has 150 valence electrons.